The molecule has 0 bridgehead atoms. The topological polar surface area (TPSA) is 63.3 Å². The van der Waals surface area contributed by atoms with Gasteiger partial charge in [0.25, 0.3) is 0 Å². The highest BCUT2D eigenvalue weighted by molar-refractivity contribution is 5.94. The number of aliphatic hydroxyl groups is 1. The third kappa shape index (κ3) is 3.07. The Morgan fingerprint density at radius 1 is 0.792 bits per heavy atom. The fraction of sp³-hybridized carbons (Fsp3) is 0.0952. The molecule has 24 heavy (non-hydrogen) atoms. The zero-order valence-electron chi connectivity index (χ0n) is 13.2. The van der Waals surface area contributed by atoms with Crippen LogP contribution in [0, 0.1) is 0 Å². The standard InChI is InChI=1S/C21H19NO2/c22-20(23)19-14-8-7-9-16(19)15-21(24,17-10-3-1-4-11-17)18-12-5-2-6-13-18/h1-14,24H,15H2,(H2,22,23). The van der Waals surface area contributed by atoms with Gasteiger partial charge in [-0.25, -0.2) is 0 Å². The summed E-state index contributed by atoms with van der Waals surface area (Å²) in [6.07, 6.45) is 0.264. The largest absolute Gasteiger partial charge is 0.380 e. The highest BCUT2D eigenvalue weighted by Crippen LogP contribution is 2.33. The lowest BCUT2D eigenvalue weighted by Crippen LogP contribution is -2.31. The highest BCUT2D eigenvalue weighted by Gasteiger charge is 2.32. The normalized spacial score (nSPS) is 11.2. The van der Waals surface area contributed by atoms with Crippen LogP contribution in [-0.4, -0.2) is 11.0 Å². The van der Waals surface area contributed by atoms with E-state index in [4.69, 9.17) is 5.73 Å². The smallest absolute Gasteiger partial charge is 0.248 e. The lowest BCUT2D eigenvalue weighted by atomic mass is 9.80. The van der Waals surface area contributed by atoms with Crippen LogP contribution in [0.3, 0.4) is 0 Å². The number of hydrogen-bond donors (Lipinski definition) is 2. The molecule has 1 amide bonds. The zero-order chi connectivity index (χ0) is 17.0. The van der Waals surface area contributed by atoms with E-state index in [-0.39, 0.29) is 6.42 Å². The van der Waals surface area contributed by atoms with Crippen LogP contribution in [0.15, 0.2) is 84.9 Å². The molecule has 0 atom stereocenters. The summed E-state index contributed by atoms with van der Waals surface area (Å²) in [6, 6.07) is 26.1. The van der Waals surface area contributed by atoms with Crippen LogP contribution in [0.1, 0.15) is 27.0 Å². The Kier molecular flexibility index (Phi) is 4.45. The Balaban J connectivity index is 2.12. The summed E-state index contributed by atoms with van der Waals surface area (Å²) in [5.74, 6) is -0.492. The molecule has 3 aromatic carbocycles. The third-order valence-electron chi connectivity index (χ3n) is 4.23. The van der Waals surface area contributed by atoms with Crippen molar-refractivity contribution >= 4 is 5.91 Å². The lowest BCUT2D eigenvalue weighted by molar-refractivity contribution is 0.0806. The van der Waals surface area contributed by atoms with Crippen molar-refractivity contribution in [1.29, 1.82) is 0 Å². The van der Waals surface area contributed by atoms with E-state index >= 15 is 0 Å². The molecular weight excluding hydrogens is 298 g/mol. The van der Waals surface area contributed by atoms with Crippen molar-refractivity contribution in [1.82, 2.24) is 0 Å². The average Bonchev–Trinajstić information content (AvgIpc) is 2.63. The predicted molar refractivity (Wildman–Crippen MR) is 94.5 cm³/mol. The quantitative estimate of drug-likeness (QED) is 0.758. The van der Waals surface area contributed by atoms with E-state index < -0.39 is 11.5 Å². The van der Waals surface area contributed by atoms with E-state index in [0.717, 1.165) is 16.7 Å². The van der Waals surface area contributed by atoms with Gasteiger partial charge in [0.05, 0.1) is 0 Å². The van der Waals surface area contributed by atoms with Crippen molar-refractivity contribution in [3.63, 3.8) is 0 Å². The summed E-state index contributed by atoms with van der Waals surface area (Å²) in [5, 5.41) is 11.6. The van der Waals surface area contributed by atoms with Crippen LogP contribution in [-0.2, 0) is 12.0 Å². The third-order valence-corrected chi connectivity index (χ3v) is 4.23. The van der Waals surface area contributed by atoms with Crippen LogP contribution in [0.4, 0.5) is 0 Å². The van der Waals surface area contributed by atoms with E-state index in [1.54, 1.807) is 12.1 Å². The minimum absolute atomic E-state index is 0.264. The first kappa shape index (κ1) is 16.0. The van der Waals surface area contributed by atoms with Gasteiger partial charge in [0.15, 0.2) is 0 Å². The second kappa shape index (κ2) is 6.69. The molecule has 3 nitrogen and oxygen atoms in total. The van der Waals surface area contributed by atoms with E-state index in [9.17, 15) is 9.90 Å². The van der Waals surface area contributed by atoms with Crippen LogP contribution >= 0.6 is 0 Å². The van der Waals surface area contributed by atoms with Crippen molar-refractivity contribution in [3.8, 4) is 0 Å². The maximum absolute atomic E-state index is 11.7. The van der Waals surface area contributed by atoms with Gasteiger partial charge in [0, 0.05) is 12.0 Å². The molecule has 0 aliphatic heterocycles. The minimum Gasteiger partial charge on any atom is -0.380 e. The minimum atomic E-state index is -1.24. The zero-order valence-corrected chi connectivity index (χ0v) is 13.2. The van der Waals surface area contributed by atoms with Crippen molar-refractivity contribution in [2.75, 3.05) is 0 Å². The van der Waals surface area contributed by atoms with Crippen molar-refractivity contribution in [2.24, 2.45) is 5.73 Å². The summed E-state index contributed by atoms with van der Waals surface area (Å²) in [5.41, 5.74) is 6.95. The maximum Gasteiger partial charge on any atom is 0.248 e. The number of hydrogen-bond acceptors (Lipinski definition) is 2. The molecule has 0 aliphatic rings. The maximum atomic E-state index is 11.7. The number of carbonyl (C=O) groups is 1. The summed E-state index contributed by atoms with van der Waals surface area (Å²) >= 11 is 0. The molecule has 0 fully saturated rings. The number of benzene rings is 3. The average molecular weight is 317 g/mol. The van der Waals surface area contributed by atoms with Gasteiger partial charge in [-0.05, 0) is 22.8 Å². The van der Waals surface area contributed by atoms with Gasteiger partial charge in [-0.3, -0.25) is 4.79 Å². The molecule has 3 heteroatoms. The van der Waals surface area contributed by atoms with Crippen LogP contribution in [0.5, 0.6) is 0 Å². The number of rotatable bonds is 5. The second-order valence-electron chi connectivity index (χ2n) is 5.79. The van der Waals surface area contributed by atoms with E-state index in [0.29, 0.717) is 5.56 Å². The summed E-state index contributed by atoms with van der Waals surface area (Å²) in [4.78, 5) is 11.7. The van der Waals surface area contributed by atoms with Crippen molar-refractivity contribution < 1.29 is 9.90 Å². The molecule has 3 rings (SSSR count). The van der Waals surface area contributed by atoms with Crippen molar-refractivity contribution in [3.05, 3.63) is 107 Å². The Hall–Kier alpha value is -2.91. The monoisotopic (exact) mass is 317 g/mol. The van der Waals surface area contributed by atoms with Crippen LogP contribution in [0.2, 0.25) is 0 Å². The van der Waals surface area contributed by atoms with Gasteiger partial charge in [0.1, 0.15) is 5.60 Å². The fourth-order valence-corrected chi connectivity index (χ4v) is 2.99. The second-order valence-corrected chi connectivity index (χ2v) is 5.79. The first-order valence-electron chi connectivity index (χ1n) is 7.82. The van der Waals surface area contributed by atoms with Crippen LogP contribution < -0.4 is 5.73 Å². The number of nitrogens with two attached hydrogens (primary N) is 1. The molecule has 0 unspecified atom stereocenters. The number of amides is 1. The Bertz CT molecular complexity index is 789. The van der Waals surface area contributed by atoms with E-state index in [2.05, 4.69) is 0 Å². The van der Waals surface area contributed by atoms with Crippen LogP contribution in [0.25, 0.3) is 0 Å². The Morgan fingerprint density at radius 2 is 1.25 bits per heavy atom. The lowest BCUT2D eigenvalue weighted by Gasteiger charge is -2.30. The Morgan fingerprint density at radius 3 is 1.75 bits per heavy atom. The predicted octanol–water partition coefficient (Wildman–Crippen LogP) is 3.26. The molecule has 0 aliphatic carbocycles. The van der Waals surface area contributed by atoms with Gasteiger partial charge in [-0.15, -0.1) is 0 Å². The molecule has 0 saturated heterocycles. The van der Waals surface area contributed by atoms with Gasteiger partial charge in [-0.2, -0.15) is 0 Å². The highest BCUT2D eigenvalue weighted by atomic mass is 16.3. The molecule has 3 N–H and O–H groups in total. The number of primary amides is 1. The summed E-state index contributed by atoms with van der Waals surface area (Å²) in [7, 11) is 0. The molecule has 0 radical (unpaired) electrons. The van der Waals surface area contributed by atoms with Gasteiger partial charge < -0.3 is 10.8 Å². The summed E-state index contributed by atoms with van der Waals surface area (Å²) < 4.78 is 0. The SMILES string of the molecule is NC(=O)c1ccccc1CC(O)(c1ccccc1)c1ccccc1. The molecule has 120 valence electrons. The Labute approximate surface area is 141 Å². The number of carbonyl (C=O) groups excluding carboxylic acids is 1. The first-order valence-corrected chi connectivity index (χ1v) is 7.82. The van der Waals surface area contributed by atoms with E-state index in [1.165, 1.54) is 0 Å². The molecular formula is C21H19NO2. The van der Waals surface area contributed by atoms with Gasteiger partial charge in [0.2, 0.25) is 5.91 Å². The fourth-order valence-electron chi connectivity index (χ4n) is 2.99. The molecule has 0 heterocycles. The molecule has 3 aromatic rings. The molecule has 0 spiro atoms. The van der Waals surface area contributed by atoms with Crippen molar-refractivity contribution in [2.45, 2.75) is 12.0 Å². The first-order chi connectivity index (χ1) is 11.6. The summed E-state index contributed by atoms with van der Waals surface area (Å²) in [6.45, 7) is 0. The van der Waals surface area contributed by atoms with Gasteiger partial charge >= 0.3 is 0 Å². The van der Waals surface area contributed by atoms with Gasteiger partial charge in [-0.1, -0.05) is 78.9 Å². The molecule has 0 saturated carbocycles. The van der Waals surface area contributed by atoms with E-state index in [1.807, 2.05) is 72.8 Å². The molecule has 0 aromatic heterocycles.